The molecule has 0 atom stereocenters. The van der Waals surface area contributed by atoms with Crippen molar-refractivity contribution < 1.29 is 19.1 Å². The van der Waals surface area contributed by atoms with Crippen LogP contribution in [-0.2, 0) is 14.3 Å². The maximum atomic E-state index is 13.0. The summed E-state index contributed by atoms with van der Waals surface area (Å²) in [6.45, 7) is 9.54. The van der Waals surface area contributed by atoms with Crippen LogP contribution in [0.4, 0.5) is 0 Å². The van der Waals surface area contributed by atoms with Gasteiger partial charge in [-0.3, -0.25) is 14.5 Å². The predicted molar refractivity (Wildman–Crippen MR) is 110 cm³/mol. The predicted octanol–water partition coefficient (Wildman–Crippen LogP) is 2.32. The number of morpholine rings is 2. The van der Waals surface area contributed by atoms with Gasteiger partial charge in [0.25, 0.3) is 0 Å². The Bertz CT molecular complexity index is 665. The highest BCUT2D eigenvalue weighted by Gasteiger charge is 2.35. The normalized spacial score (nSPS) is 18.9. The van der Waals surface area contributed by atoms with E-state index in [2.05, 4.69) is 4.90 Å². The van der Waals surface area contributed by atoms with Crippen molar-refractivity contribution in [1.29, 1.82) is 0 Å². The van der Waals surface area contributed by atoms with Crippen molar-refractivity contribution >= 4 is 23.5 Å². The molecule has 2 heterocycles. The molecule has 2 fully saturated rings. The topological polar surface area (TPSA) is 59.1 Å². The van der Waals surface area contributed by atoms with E-state index in [9.17, 15) is 9.59 Å². The minimum Gasteiger partial charge on any atom is -0.379 e. The molecule has 1 aromatic rings. The van der Waals surface area contributed by atoms with Gasteiger partial charge in [0, 0.05) is 48.8 Å². The van der Waals surface area contributed by atoms with E-state index in [0.717, 1.165) is 29.3 Å². The molecule has 3 rings (SSSR count). The Morgan fingerprint density at radius 2 is 1.54 bits per heavy atom. The number of thioether (sulfide) groups is 1. The Hall–Kier alpha value is -1.41. The summed E-state index contributed by atoms with van der Waals surface area (Å²) in [4.78, 5) is 30.3. The highest BCUT2D eigenvalue weighted by atomic mass is 32.2. The van der Waals surface area contributed by atoms with Crippen LogP contribution in [0.25, 0.3) is 0 Å². The first-order chi connectivity index (χ1) is 13.5. The van der Waals surface area contributed by atoms with Crippen LogP contribution in [0, 0.1) is 0 Å². The molecule has 2 saturated heterocycles. The number of ketones is 1. The van der Waals surface area contributed by atoms with Crippen LogP contribution < -0.4 is 0 Å². The van der Waals surface area contributed by atoms with E-state index in [1.807, 2.05) is 43.0 Å². The lowest BCUT2D eigenvalue weighted by atomic mass is 9.91. The number of rotatable bonds is 7. The van der Waals surface area contributed by atoms with Crippen molar-refractivity contribution in [3.63, 3.8) is 0 Å². The van der Waals surface area contributed by atoms with Gasteiger partial charge in [0.15, 0.2) is 5.78 Å². The van der Waals surface area contributed by atoms with Crippen molar-refractivity contribution in [3.05, 3.63) is 29.8 Å². The molecule has 1 amide bonds. The molecule has 0 aromatic heterocycles. The zero-order valence-corrected chi connectivity index (χ0v) is 17.6. The Balaban J connectivity index is 1.50. The minimum absolute atomic E-state index is 0.133. The number of carbonyl (C=O) groups excluding carboxylic acids is 2. The standard InChI is InChI=1S/C21H30N2O4S/c1-21(2,23-10-14-27-15-11-23)20(25)17-3-5-18(6-4-17)28-16-7-19(24)22-8-12-26-13-9-22/h3-6H,7-16H2,1-2H3. The molecule has 2 aliphatic rings. The van der Waals surface area contributed by atoms with Gasteiger partial charge in [-0.25, -0.2) is 0 Å². The Morgan fingerprint density at radius 1 is 0.964 bits per heavy atom. The number of carbonyl (C=O) groups is 2. The molecule has 28 heavy (non-hydrogen) atoms. The fourth-order valence-corrected chi connectivity index (χ4v) is 4.39. The summed E-state index contributed by atoms with van der Waals surface area (Å²) in [5, 5.41) is 0. The van der Waals surface area contributed by atoms with Gasteiger partial charge < -0.3 is 14.4 Å². The average Bonchev–Trinajstić information content (AvgIpc) is 2.75. The van der Waals surface area contributed by atoms with E-state index in [1.54, 1.807) is 11.8 Å². The maximum Gasteiger partial charge on any atom is 0.223 e. The zero-order chi connectivity index (χ0) is 20.0. The van der Waals surface area contributed by atoms with E-state index in [1.165, 1.54) is 0 Å². The molecular weight excluding hydrogens is 376 g/mol. The van der Waals surface area contributed by atoms with E-state index < -0.39 is 5.54 Å². The van der Waals surface area contributed by atoms with Crippen LogP contribution in [0.15, 0.2) is 29.2 Å². The van der Waals surface area contributed by atoms with Gasteiger partial charge in [-0.15, -0.1) is 11.8 Å². The van der Waals surface area contributed by atoms with Crippen LogP contribution in [-0.4, -0.2) is 85.4 Å². The van der Waals surface area contributed by atoms with Crippen molar-refractivity contribution in [2.24, 2.45) is 0 Å². The Morgan fingerprint density at radius 3 is 2.14 bits per heavy atom. The lowest BCUT2D eigenvalue weighted by Crippen LogP contribution is -2.54. The second-order valence-corrected chi connectivity index (χ2v) is 8.77. The second-order valence-electron chi connectivity index (χ2n) is 7.60. The minimum atomic E-state index is -0.539. The number of amides is 1. The molecule has 2 aliphatic heterocycles. The van der Waals surface area contributed by atoms with E-state index in [-0.39, 0.29) is 11.7 Å². The van der Waals surface area contributed by atoms with Gasteiger partial charge in [-0.05, 0) is 26.0 Å². The number of nitrogens with zero attached hydrogens (tertiary/aromatic N) is 2. The summed E-state index contributed by atoms with van der Waals surface area (Å²) in [7, 11) is 0. The fourth-order valence-electron chi connectivity index (χ4n) is 3.55. The molecule has 0 N–H and O–H groups in total. The van der Waals surface area contributed by atoms with Gasteiger partial charge in [-0.1, -0.05) is 12.1 Å². The Kier molecular flexibility index (Phi) is 7.51. The highest BCUT2D eigenvalue weighted by Crippen LogP contribution is 2.25. The van der Waals surface area contributed by atoms with Crippen LogP contribution in [0.2, 0.25) is 0 Å². The molecule has 0 saturated carbocycles. The lowest BCUT2D eigenvalue weighted by Gasteiger charge is -2.39. The fraction of sp³-hybridized carbons (Fsp3) is 0.619. The molecular formula is C21H30N2O4S. The Labute approximate surface area is 171 Å². The smallest absolute Gasteiger partial charge is 0.223 e. The first-order valence-electron chi connectivity index (χ1n) is 9.94. The SMILES string of the molecule is CC(C)(C(=O)c1ccc(SCCC(=O)N2CCOCC2)cc1)N1CCOCC1. The largest absolute Gasteiger partial charge is 0.379 e. The van der Waals surface area contributed by atoms with Gasteiger partial charge in [0.05, 0.1) is 32.0 Å². The molecule has 0 radical (unpaired) electrons. The third kappa shape index (κ3) is 5.35. The van der Waals surface area contributed by atoms with Crippen LogP contribution in [0.1, 0.15) is 30.6 Å². The second kappa shape index (κ2) is 9.87. The lowest BCUT2D eigenvalue weighted by molar-refractivity contribution is -0.134. The quantitative estimate of drug-likeness (QED) is 0.512. The summed E-state index contributed by atoms with van der Waals surface area (Å²) >= 11 is 1.65. The highest BCUT2D eigenvalue weighted by molar-refractivity contribution is 7.99. The average molecular weight is 407 g/mol. The van der Waals surface area contributed by atoms with E-state index in [0.29, 0.717) is 45.9 Å². The summed E-state index contributed by atoms with van der Waals surface area (Å²) in [6, 6.07) is 7.76. The molecule has 1 aromatic carbocycles. The molecule has 0 aliphatic carbocycles. The summed E-state index contributed by atoms with van der Waals surface area (Å²) in [6.07, 6.45) is 0.523. The monoisotopic (exact) mass is 406 g/mol. The molecule has 0 unspecified atom stereocenters. The first-order valence-corrected chi connectivity index (χ1v) is 10.9. The van der Waals surface area contributed by atoms with Crippen molar-refractivity contribution in [2.45, 2.75) is 30.7 Å². The van der Waals surface area contributed by atoms with Crippen LogP contribution in [0.5, 0.6) is 0 Å². The summed E-state index contributed by atoms with van der Waals surface area (Å²) in [5.74, 6) is 1.06. The van der Waals surface area contributed by atoms with E-state index >= 15 is 0 Å². The van der Waals surface area contributed by atoms with Gasteiger partial charge in [-0.2, -0.15) is 0 Å². The summed E-state index contributed by atoms with van der Waals surface area (Å²) in [5.41, 5.74) is 0.188. The summed E-state index contributed by atoms with van der Waals surface area (Å²) < 4.78 is 10.7. The van der Waals surface area contributed by atoms with Gasteiger partial charge >= 0.3 is 0 Å². The molecule has 7 heteroatoms. The number of benzene rings is 1. The third-order valence-electron chi connectivity index (χ3n) is 5.42. The molecule has 0 spiro atoms. The number of Topliss-reactive ketones (excluding diaryl/α,β-unsaturated/α-hetero) is 1. The van der Waals surface area contributed by atoms with E-state index in [4.69, 9.17) is 9.47 Å². The molecule has 6 nitrogen and oxygen atoms in total. The van der Waals surface area contributed by atoms with Crippen molar-refractivity contribution in [3.8, 4) is 0 Å². The molecule has 154 valence electrons. The van der Waals surface area contributed by atoms with Gasteiger partial charge in [0.1, 0.15) is 0 Å². The van der Waals surface area contributed by atoms with Crippen LogP contribution in [0.3, 0.4) is 0 Å². The number of ether oxygens (including phenoxy) is 2. The van der Waals surface area contributed by atoms with Crippen molar-refractivity contribution in [2.75, 3.05) is 58.4 Å². The first kappa shape index (κ1) is 21.3. The van der Waals surface area contributed by atoms with Crippen molar-refractivity contribution in [1.82, 2.24) is 9.80 Å². The third-order valence-corrected chi connectivity index (χ3v) is 6.44. The van der Waals surface area contributed by atoms with Crippen LogP contribution >= 0.6 is 11.8 Å². The molecule has 0 bridgehead atoms. The maximum absolute atomic E-state index is 13.0. The van der Waals surface area contributed by atoms with Gasteiger partial charge in [0.2, 0.25) is 5.91 Å². The zero-order valence-electron chi connectivity index (χ0n) is 16.8. The number of hydrogen-bond acceptors (Lipinski definition) is 6. The number of hydrogen-bond donors (Lipinski definition) is 0.